The molecule has 0 radical (unpaired) electrons. The molecule has 2 aromatic carbocycles. The van der Waals surface area contributed by atoms with E-state index in [1.165, 1.54) is 5.56 Å². The lowest BCUT2D eigenvalue weighted by Gasteiger charge is -2.04. The third kappa shape index (κ3) is 2.70. The molecular weight excluding hydrogens is 216 g/mol. The van der Waals surface area contributed by atoms with Crippen LogP contribution in [-0.4, -0.2) is 0 Å². The number of hydrogen-bond donors (Lipinski definition) is 2. The zero-order valence-corrected chi connectivity index (χ0v) is 9.71. The van der Waals surface area contributed by atoms with Crippen molar-refractivity contribution in [1.82, 2.24) is 0 Å². The molecule has 0 aliphatic rings. The van der Waals surface area contributed by atoms with Crippen LogP contribution in [0.1, 0.15) is 5.56 Å². The standard InChI is InChI=1S/C13H14N2S/c14-12-7-6-11(8-13(12)15)16-9-10-4-2-1-3-5-10/h1-8H,9,14-15H2. The van der Waals surface area contributed by atoms with Crippen LogP contribution >= 0.6 is 11.8 Å². The highest BCUT2D eigenvalue weighted by Gasteiger charge is 1.99. The maximum Gasteiger partial charge on any atom is 0.0559 e. The highest BCUT2D eigenvalue weighted by molar-refractivity contribution is 7.98. The molecule has 3 heteroatoms. The van der Waals surface area contributed by atoms with E-state index in [9.17, 15) is 0 Å². The molecule has 4 N–H and O–H groups in total. The zero-order chi connectivity index (χ0) is 11.4. The van der Waals surface area contributed by atoms with Crippen LogP contribution in [0.15, 0.2) is 53.4 Å². The number of nitrogens with two attached hydrogens (primary N) is 2. The topological polar surface area (TPSA) is 52.0 Å². The summed E-state index contributed by atoms with van der Waals surface area (Å²) >= 11 is 1.76. The lowest BCUT2D eigenvalue weighted by atomic mass is 10.2. The zero-order valence-electron chi connectivity index (χ0n) is 8.89. The van der Waals surface area contributed by atoms with Gasteiger partial charge in [0.05, 0.1) is 11.4 Å². The highest BCUT2D eigenvalue weighted by Crippen LogP contribution is 2.26. The van der Waals surface area contributed by atoms with E-state index in [4.69, 9.17) is 11.5 Å². The first-order valence-corrected chi connectivity index (χ1v) is 6.06. The first kappa shape index (κ1) is 10.9. The van der Waals surface area contributed by atoms with Crippen molar-refractivity contribution in [3.8, 4) is 0 Å². The molecule has 0 atom stereocenters. The van der Waals surface area contributed by atoms with E-state index in [-0.39, 0.29) is 0 Å². The molecule has 2 nitrogen and oxygen atoms in total. The van der Waals surface area contributed by atoms with Gasteiger partial charge < -0.3 is 11.5 Å². The number of rotatable bonds is 3. The molecular formula is C13H14N2S. The van der Waals surface area contributed by atoms with E-state index < -0.39 is 0 Å². The van der Waals surface area contributed by atoms with Gasteiger partial charge in [0.15, 0.2) is 0 Å². The van der Waals surface area contributed by atoms with Crippen molar-refractivity contribution in [1.29, 1.82) is 0 Å². The van der Waals surface area contributed by atoms with E-state index in [1.807, 2.05) is 36.4 Å². The van der Waals surface area contributed by atoms with E-state index in [2.05, 4.69) is 12.1 Å². The fourth-order valence-electron chi connectivity index (χ4n) is 1.38. The van der Waals surface area contributed by atoms with E-state index in [0.29, 0.717) is 11.4 Å². The Labute approximate surface area is 99.7 Å². The van der Waals surface area contributed by atoms with Gasteiger partial charge in [-0.3, -0.25) is 0 Å². The van der Waals surface area contributed by atoms with Gasteiger partial charge in [-0.1, -0.05) is 30.3 Å². The van der Waals surface area contributed by atoms with E-state index in [0.717, 1.165) is 10.6 Å². The van der Waals surface area contributed by atoms with Gasteiger partial charge >= 0.3 is 0 Å². The molecule has 0 aliphatic carbocycles. The van der Waals surface area contributed by atoms with Crippen molar-refractivity contribution in [3.63, 3.8) is 0 Å². The second kappa shape index (κ2) is 4.94. The molecule has 0 heterocycles. The van der Waals surface area contributed by atoms with Crippen molar-refractivity contribution in [2.45, 2.75) is 10.6 Å². The maximum absolute atomic E-state index is 5.75. The molecule has 0 spiro atoms. The third-order valence-corrected chi connectivity index (χ3v) is 3.37. The molecule has 82 valence electrons. The minimum atomic E-state index is 0.643. The van der Waals surface area contributed by atoms with Gasteiger partial charge in [-0.15, -0.1) is 11.8 Å². The number of anilines is 2. The van der Waals surface area contributed by atoms with Crippen LogP contribution in [-0.2, 0) is 5.75 Å². The Balaban J connectivity index is 2.03. The first-order chi connectivity index (χ1) is 7.75. The van der Waals surface area contributed by atoms with Crippen LogP contribution < -0.4 is 11.5 Å². The number of thioether (sulfide) groups is 1. The van der Waals surface area contributed by atoms with E-state index in [1.54, 1.807) is 11.8 Å². The summed E-state index contributed by atoms with van der Waals surface area (Å²) < 4.78 is 0. The van der Waals surface area contributed by atoms with Crippen LogP contribution in [0.4, 0.5) is 11.4 Å². The second-order valence-corrected chi connectivity index (χ2v) is 4.61. The minimum absolute atomic E-state index is 0.643. The predicted octanol–water partition coefficient (Wildman–Crippen LogP) is 3.14. The fourth-order valence-corrected chi connectivity index (χ4v) is 2.28. The Morgan fingerprint density at radius 2 is 1.62 bits per heavy atom. The van der Waals surface area contributed by atoms with Crippen molar-refractivity contribution in [2.24, 2.45) is 0 Å². The van der Waals surface area contributed by atoms with Crippen LogP contribution in [0.3, 0.4) is 0 Å². The molecule has 0 aliphatic heterocycles. The van der Waals surface area contributed by atoms with Crippen molar-refractivity contribution in [3.05, 3.63) is 54.1 Å². The largest absolute Gasteiger partial charge is 0.397 e. The summed E-state index contributed by atoms with van der Waals surface area (Å²) in [6, 6.07) is 16.1. The monoisotopic (exact) mass is 230 g/mol. The summed E-state index contributed by atoms with van der Waals surface area (Å²) in [6.07, 6.45) is 0. The number of nitrogen functional groups attached to an aromatic ring is 2. The van der Waals surface area contributed by atoms with Crippen LogP contribution in [0.2, 0.25) is 0 Å². The summed E-state index contributed by atoms with van der Waals surface area (Å²) in [6.45, 7) is 0. The van der Waals surface area contributed by atoms with Gasteiger partial charge in [-0.05, 0) is 23.8 Å². The number of benzene rings is 2. The first-order valence-electron chi connectivity index (χ1n) is 5.07. The summed E-state index contributed by atoms with van der Waals surface area (Å²) in [5.41, 5.74) is 14.0. The van der Waals surface area contributed by atoms with Gasteiger partial charge in [0.1, 0.15) is 0 Å². The summed E-state index contributed by atoms with van der Waals surface area (Å²) in [5, 5.41) is 0. The Hall–Kier alpha value is -1.61. The fraction of sp³-hybridized carbons (Fsp3) is 0.0769. The second-order valence-electron chi connectivity index (χ2n) is 3.56. The Kier molecular flexibility index (Phi) is 3.37. The minimum Gasteiger partial charge on any atom is -0.397 e. The van der Waals surface area contributed by atoms with Gasteiger partial charge in [0.25, 0.3) is 0 Å². The smallest absolute Gasteiger partial charge is 0.0559 e. The molecule has 0 saturated carbocycles. The third-order valence-electron chi connectivity index (χ3n) is 2.31. The van der Waals surface area contributed by atoms with Crippen LogP contribution in [0.5, 0.6) is 0 Å². The summed E-state index contributed by atoms with van der Waals surface area (Å²) in [7, 11) is 0. The normalized spacial score (nSPS) is 10.2. The Bertz CT molecular complexity index is 469. The lowest BCUT2D eigenvalue weighted by molar-refractivity contribution is 1.38. The highest BCUT2D eigenvalue weighted by atomic mass is 32.2. The predicted molar refractivity (Wildman–Crippen MR) is 71.3 cm³/mol. The quantitative estimate of drug-likeness (QED) is 0.629. The molecule has 0 fully saturated rings. The molecule has 0 aromatic heterocycles. The molecule has 2 rings (SSSR count). The molecule has 0 amide bonds. The van der Waals surface area contributed by atoms with Gasteiger partial charge in [-0.2, -0.15) is 0 Å². The van der Waals surface area contributed by atoms with Crippen molar-refractivity contribution in [2.75, 3.05) is 11.5 Å². The van der Waals surface area contributed by atoms with Crippen molar-refractivity contribution < 1.29 is 0 Å². The van der Waals surface area contributed by atoms with Crippen LogP contribution in [0, 0.1) is 0 Å². The lowest BCUT2D eigenvalue weighted by Crippen LogP contribution is -1.93. The van der Waals surface area contributed by atoms with E-state index >= 15 is 0 Å². The van der Waals surface area contributed by atoms with Gasteiger partial charge in [0.2, 0.25) is 0 Å². The SMILES string of the molecule is Nc1ccc(SCc2ccccc2)cc1N. The summed E-state index contributed by atoms with van der Waals surface area (Å²) in [4.78, 5) is 1.15. The maximum atomic E-state index is 5.75. The average Bonchev–Trinajstić information content (AvgIpc) is 2.32. The average molecular weight is 230 g/mol. The van der Waals surface area contributed by atoms with Crippen LogP contribution in [0.25, 0.3) is 0 Å². The molecule has 0 unspecified atom stereocenters. The molecule has 2 aromatic rings. The summed E-state index contributed by atoms with van der Waals surface area (Å²) in [5.74, 6) is 0.949. The molecule has 16 heavy (non-hydrogen) atoms. The van der Waals surface area contributed by atoms with Gasteiger partial charge in [0, 0.05) is 10.6 Å². The Morgan fingerprint density at radius 1 is 0.875 bits per heavy atom. The Morgan fingerprint density at radius 3 is 2.31 bits per heavy atom. The molecule has 0 saturated heterocycles. The molecule has 0 bridgehead atoms. The van der Waals surface area contributed by atoms with Crippen molar-refractivity contribution >= 4 is 23.1 Å². The van der Waals surface area contributed by atoms with Gasteiger partial charge in [-0.25, -0.2) is 0 Å². The number of hydrogen-bond acceptors (Lipinski definition) is 3.